The van der Waals surface area contributed by atoms with E-state index in [1.807, 2.05) is 21.6 Å². The van der Waals surface area contributed by atoms with Crippen LogP contribution >= 0.6 is 21.6 Å². The highest BCUT2D eigenvalue weighted by atomic mass is 33.1. The van der Waals surface area contributed by atoms with E-state index < -0.39 is 23.9 Å². The predicted octanol–water partition coefficient (Wildman–Crippen LogP) is 2.29. The molecule has 164 valence electrons. The van der Waals surface area contributed by atoms with Gasteiger partial charge < -0.3 is 20.5 Å². The first-order valence-corrected chi connectivity index (χ1v) is 12.1. The van der Waals surface area contributed by atoms with Gasteiger partial charge >= 0.3 is 11.9 Å². The SMILES string of the molecule is COC(=O)C=CC(=O)NC(CCCCNC(=O)CCCCC1CCSS1)C(=O)O. The highest BCUT2D eigenvalue weighted by Gasteiger charge is 2.18. The van der Waals surface area contributed by atoms with Gasteiger partial charge in [-0.05, 0) is 38.5 Å². The average Bonchev–Trinajstić information content (AvgIpc) is 3.21. The molecule has 0 aliphatic carbocycles. The number of ether oxygens (including phenoxy) is 1. The molecule has 0 bridgehead atoms. The number of unbranched alkanes of at least 4 members (excludes halogenated alkanes) is 2. The number of hydrogen-bond donors (Lipinski definition) is 3. The third kappa shape index (κ3) is 12.5. The predicted molar refractivity (Wildman–Crippen MR) is 115 cm³/mol. The van der Waals surface area contributed by atoms with E-state index in [1.54, 1.807) is 0 Å². The Balaban J connectivity index is 2.11. The van der Waals surface area contributed by atoms with Crippen LogP contribution in [0.2, 0.25) is 0 Å². The number of esters is 1. The van der Waals surface area contributed by atoms with Gasteiger partial charge in [0.25, 0.3) is 0 Å². The summed E-state index contributed by atoms with van der Waals surface area (Å²) in [6, 6.07) is -1.05. The summed E-state index contributed by atoms with van der Waals surface area (Å²) in [7, 11) is 5.06. The van der Waals surface area contributed by atoms with Crippen LogP contribution in [0.25, 0.3) is 0 Å². The zero-order chi connectivity index (χ0) is 21.5. The molecule has 0 aromatic rings. The van der Waals surface area contributed by atoms with Crippen molar-refractivity contribution < 1.29 is 29.0 Å². The summed E-state index contributed by atoms with van der Waals surface area (Å²) >= 11 is 0. The minimum Gasteiger partial charge on any atom is -0.480 e. The molecule has 1 fully saturated rings. The molecule has 0 aromatic heterocycles. The van der Waals surface area contributed by atoms with Gasteiger partial charge in [-0.3, -0.25) is 9.59 Å². The van der Waals surface area contributed by atoms with Gasteiger partial charge in [0.1, 0.15) is 6.04 Å². The maximum absolute atomic E-state index is 11.8. The van der Waals surface area contributed by atoms with Crippen LogP contribution < -0.4 is 10.6 Å². The van der Waals surface area contributed by atoms with E-state index in [0.29, 0.717) is 25.8 Å². The third-order valence-electron chi connectivity index (χ3n) is 4.34. The molecular formula is C19H30N2O6S2. The van der Waals surface area contributed by atoms with Crippen molar-refractivity contribution in [1.82, 2.24) is 10.6 Å². The molecule has 10 heteroatoms. The average molecular weight is 447 g/mol. The summed E-state index contributed by atoms with van der Waals surface area (Å²) in [6.07, 6.45) is 8.17. The maximum atomic E-state index is 11.8. The molecule has 1 aliphatic rings. The number of carbonyl (C=O) groups excluding carboxylic acids is 3. The molecule has 2 amide bonds. The monoisotopic (exact) mass is 446 g/mol. The summed E-state index contributed by atoms with van der Waals surface area (Å²) in [5, 5.41) is 15.1. The van der Waals surface area contributed by atoms with Crippen LogP contribution in [0.15, 0.2) is 12.2 Å². The zero-order valence-corrected chi connectivity index (χ0v) is 18.3. The minimum atomic E-state index is -1.15. The standard InChI is InChI=1S/C19H30N2O6S2/c1-27-18(24)10-9-17(23)21-15(19(25)26)7-4-5-12-20-16(22)8-3-2-6-14-11-13-28-29-14/h9-10,14-15H,2-8,11-13H2,1H3,(H,20,22)(H,21,23)(H,25,26). The normalized spacial score (nSPS) is 17.1. The quantitative estimate of drug-likeness (QED) is 0.161. The highest BCUT2D eigenvalue weighted by molar-refractivity contribution is 8.77. The molecule has 29 heavy (non-hydrogen) atoms. The van der Waals surface area contributed by atoms with Crippen molar-refractivity contribution in [1.29, 1.82) is 0 Å². The summed E-state index contributed by atoms with van der Waals surface area (Å²) in [4.78, 5) is 45.6. The molecular weight excluding hydrogens is 416 g/mol. The number of carbonyl (C=O) groups is 4. The van der Waals surface area contributed by atoms with Gasteiger partial charge in [0.15, 0.2) is 0 Å². The molecule has 0 radical (unpaired) electrons. The number of hydrogen-bond acceptors (Lipinski definition) is 7. The molecule has 1 heterocycles. The smallest absolute Gasteiger partial charge is 0.330 e. The lowest BCUT2D eigenvalue weighted by molar-refractivity contribution is -0.141. The lowest BCUT2D eigenvalue weighted by atomic mass is 10.1. The van der Waals surface area contributed by atoms with Crippen LogP contribution in [0.4, 0.5) is 0 Å². The Hall–Kier alpha value is -1.68. The van der Waals surface area contributed by atoms with E-state index in [2.05, 4.69) is 15.4 Å². The van der Waals surface area contributed by atoms with Crippen molar-refractivity contribution in [2.45, 2.75) is 62.7 Å². The Morgan fingerprint density at radius 3 is 2.62 bits per heavy atom. The van der Waals surface area contributed by atoms with Gasteiger partial charge in [0.2, 0.25) is 11.8 Å². The van der Waals surface area contributed by atoms with Gasteiger partial charge in [-0.15, -0.1) is 0 Å². The van der Waals surface area contributed by atoms with Gasteiger partial charge in [0.05, 0.1) is 7.11 Å². The van der Waals surface area contributed by atoms with E-state index in [-0.39, 0.29) is 12.3 Å². The Morgan fingerprint density at radius 1 is 1.17 bits per heavy atom. The molecule has 0 spiro atoms. The van der Waals surface area contributed by atoms with Gasteiger partial charge in [-0.1, -0.05) is 28.0 Å². The van der Waals surface area contributed by atoms with Crippen LogP contribution in [0.5, 0.6) is 0 Å². The van der Waals surface area contributed by atoms with Crippen LogP contribution in [0.3, 0.4) is 0 Å². The van der Waals surface area contributed by atoms with Crippen molar-refractivity contribution in [3.05, 3.63) is 12.2 Å². The number of aliphatic carboxylic acids is 1. The Labute approximate surface area is 179 Å². The highest BCUT2D eigenvalue weighted by Crippen LogP contribution is 2.39. The Bertz CT molecular complexity index is 579. The maximum Gasteiger partial charge on any atom is 0.330 e. The summed E-state index contributed by atoms with van der Waals surface area (Å²) in [6.45, 7) is 0.483. The lowest BCUT2D eigenvalue weighted by Gasteiger charge is -2.13. The van der Waals surface area contributed by atoms with Crippen LogP contribution in [-0.4, -0.2) is 59.6 Å². The van der Waals surface area contributed by atoms with Gasteiger partial charge in [-0.2, -0.15) is 0 Å². The molecule has 0 saturated carbocycles. The number of nitrogens with one attached hydrogen (secondary N) is 2. The van der Waals surface area contributed by atoms with Crippen molar-refractivity contribution in [3.63, 3.8) is 0 Å². The second kappa shape index (κ2) is 15.2. The van der Waals surface area contributed by atoms with Crippen molar-refractivity contribution in [3.8, 4) is 0 Å². The van der Waals surface area contributed by atoms with E-state index in [9.17, 15) is 24.3 Å². The van der Waals surface area contributed by atoms with E-state index >= 15 is 0 Å². The van der Waals surface area contributed by atoms with Crippen molar-refractivity contribution in [2.75, 3.05) is 19.4 Å². The van der Waals surface area contributed by atoms with Crippen LogP contribution in [0, 0.1) is 0 Å². The number of amides is 2. The molecule has 3 N–H and O–H groups in total. The Kier molecular flexibility index (Phi) is 13.3. The van der Waals surface area contributed by atoms with Gasteiger partial charge in [0, 0.05) is 36.1 Å². The fraction of sp³-hybridized carbons (Fsp3) is 0.684. The number of methoxy groups -OCH3 is 1. The number of carboxylic acid groups (broad SMARTS) is 1. The zero-order valence-electron chi connectivity index (χ0n) is 16.7. The summed E-state index contributed by atoms with van der Waals surface area (Å²) < 4.78 is 4.36. The second-order valence-electron chi connectivity index (χ2n) is 6.68. The van der Waals surface area contributed by atoms with Gasteiger partial charge in [-0.25, -0.2) is 9.59 Å². The minimum absolute atomic E-state index is 0.0227. The molecule has 2 unspecified atom stereocenters. The molecule has 0 aromatic carbocycles. The molecule has 8 nitrogen and oxygen atoms in total. The topological polar surface area (TPSA) is 122 Å². The van der Waals surface area contributed by atoms with Crippen LogP contribution in [-0.2, 0) is 23.9 Å². The van der Waals surface area contributed by atoms with E-state index in [4.69, 9.17) is 0 Å². The number of rotatable bonds is 14. The fourth-order valence-corrected chi connectivity index (χ4v) is 5.73. The largest absolute Gasteiger partial charge is 0.480 e. The van der Waals surface area contributed by atoms with E-state index in [0.717, 1.165) is 30.2 Å². The van der Waals surface area contributed by atoms with Crippen molar-refractivity contribution >= 4 is 45.3 Å². The summed E-state index contributed by atoms with van der Waals surface area (Å²) in [5.74, 6) is -1.26. The lowest BCUT2D eigenvalue weighted by Crippen LogP contribution is -2.40. The molecule has 1 aliphatic heterocycles. The first-order valence-electron chi connectivity index (χ1n) is 9.76. The second-order valence-corrected chi connectivity index (χ2v) is 9.46. The van der Waals surface area contributed by atoms with Crippen LogP contribution in [0.1, 0.15) is 51.4 Å². The molecule has 1 saturated heterocycles. The number of carboxylic acids is 1. The Morgan fingerprint density at radius 2 is 1.97 bits per heavy atom. The summed E-state index contributed by atoms with van der Waals surface area (Å²) in [5.41, 5.74) is 0. The molecule has 2 atom stereocenters. The fourth-order valence-electron chi connectivity index (χ4n) is 2.70. The first-order chi connectivity index (χ1) is 13.9. The molecule has 1 rings (SSSR count). The first kappa shape index (κ1) is 25.4. The van der Waals surface area contributed by atoms with E-state index in [1.165, 1.54) is 25.7 Å². The van der Waals surface area contributed by atoms with Crippen molar-refractivity contribution in [2.24, 2.45) is 0 Å². The third-order valence-corrected chi connectivity index (χ3v) is 7.34.